The number of nitrogens with zero attached hydrogens (tertiary/aromatic N) is 3. The zero-order chi connectivity index (χ0) is 21.0. The minimum Gasteiger partial charge on any atom is -0.460 e. The molecule has 0 bridgehead atoms. The highest BCUT2D eigenvalue weighted by Crippen LogP contribution is 2.40. The van der Waals surface area contributed by atoms with E-state index < -0.39 is 12.3 Å². The lowest BCUT2D eigenvalue weighted by molar-refractivity contribution is -0.198. The summed E-state index contributed by atoms with van der Waals surface area (Å²) in [5, 5.41) is 0. The second-order valence-corrected chi connectivity index (χ2v) is 6.82. The van der Waals surface area contributed by atoms with Gasteiger partial charge in [0.15, 0.2) is 0 Å². The van der Waals surface area contributed by atoms with Crippen molar-refractivity contribution in [3.8, 4) is 17.0 Å². The van der Waals surface area contributed by atoms with Crippen LogP contribution >= 0.6 is 0 Å². The second kappa shape index (κ2) is 8.48. The fourth-order valence-electron chi connectivity index (χ4n) is 3.04. The highest BCUT2D eigenvalue weighted by molar-refractivity contribution is 5.68. The molecule has 1 unspecified atom stereocenters. The monoisotopic (exact) mass is 402 g/mol. The lowest BCUT2D eigenvalue weighted by atomic mass is 9.94. The molecule has 1 aromatic heterocycles. The molecular weight excluding hydrogens is 381 g/mol. The Morgan fingerprint density at radius 2 is 1.83 bits per heavy atom. The highest BCUT2D eigenvalue weighted by atomic mass is 19.4. The Balaban J connectivity index is 2.05. The van der Waals surface area contributed by atoms with Gasteiger partial charge in [-0.1, -0.05) is 42.5 Å². The van der Waals surface area contributed by atoms with Crippen molar-refractivity contribution < 1.29 is 17.9 Å². The molecule has 1 heterocycles. The number of aromatic nitrogens is 2. The third-order valence-corrected chi connectivity index (χ3v) is 4.16. The van der Waals surface area contributed by atoms with Crippen LogP contribution in [0.5, 0.6) is 5.88 Å². The van der Waals surface area contributed by atoms with E-state index in [9.17, 15) is 13.2 Å². The molecule has 0 spiro atoms. The van der Waals surface area contributed by atoms with Gasteiger partial charge in [0.25, 0.3) is 0 Å². The van der Waals surface area contributed by atoms with E-state index in [1.807, 2.05) is 37.2 Å². The number of hydrogen-bond donors (Lipinski definition) is 1. The molecule has 0 saturated heterocycles. The molecule has 8 heteroatoms. The highest BCUT2D eigenvalue weighted by Gasteiger charge is 2.44. The van der Waals surface area contributed by atoms with Gasteiger partial charge in [-0.05, 0) is 36.9 Å². The molecular formula is C21H21F3N4O. The first-order valence-electron chi connectivity index (χ1n) is 8.89. The van der Waals surface area contributed by atoms with E-state index in [4.69, 9.17) is 10.5 Å². The largest absolute Gasteiger partial charge is 0.460 e. The fourth-order valence-corrected chi connectivity index (χ4v) is 3.04. The van der Waals surface area contributed by atoms with Crippen LogP contribution in [0, 0.1) is 0 Å². The molecule has 29 heavy (non-hydrogen) atoms. The van der Waals surface area contributed by atoms with Gasteiger partial charge in [0.1, 0.15) is 0 Å². The number of benzene rings is 2. The number of rotatable bonds is 6. The number of anilines is 1. The number of alkyl halides is 3. The van der Waals surface area contributed by atoms with Gasteiger partial charge in [0.05, 0.1) is 0 Å². The third-order valence-electron chi connectivity index (χ3n) is 4.16. The van der Waals surface area contributed by atoms with Gasteiger partial charge in [-0.2, -0.15) is 18.2 Å². The van der Waals surface area contributed by atoms with Crippen molar-refractivity contribution in [3.63, 3.8) is 0 Å². The van der Waals surface area contributed by atoms with Gasteiger partial charge in [0.2, 0.25) is 17.9 Å². The van der Waals surface area contributed by atoms with Crippen LogP contribution in [0.4, 0.5) is 19.1 Å². The van der Waals surface area contributed by atoms with Gasteiger partial charge in [-0.15, -0.1) is 0 Å². The SMILES string of the molecule is CN(C)Cc1cccc(-c2ccccc2C(Oc2ccnc(N)n2)C(F)(F)F)c1. The quantitative estimate of drug-likeness (QED) is 0.659. The van der Waals surface area contributed by atoms with Crippen molar-refractivity contribution in [2.75, 3.05) is 19.8 Å². The molecule has 0 saturated carbocycles. The van der Waals surface area contributed by atoms with Gasteiger partial charge in [-0.3, -0.25) is 0 Å². The Morgan fingerprint density at radius 3 is 2.52 bits per heavy atom. The molecule has 0 radical (unpaired) electrons. The molecule has 0 fully saturated rings. The number of nitrogens with two attached hydrogens (primary N) is 1. The Hall–Kier alpha value is -3.13. The number of halogens is 3. The smallest absolute Gasteiger partial charge is 0.429 e. The summed E-state index contributed by atoms with van der Waals surface area (Å²) >= 11 is 0. The lowest BCUT2D eigenvalue weighted by Crippen LogP contribution is -2.27. The van der Waals surface area contributed by atoms with Crippen molar-refractivity contribution in [1.82, 2.24) is 14.9 Å². The molecule has 3 aromatic rings. The zero-order valence-electron chi connectivity index (χ0n) is 16.0. The van der Waals surface area contributed by atoms with E-state index in [-0.39, 0.29) is 17.4 Å². The molecule has 0 aliphatic carbocycles. The molecule has 0 amide bonds. The normalized spacial score (nSPS) is 12.8. The predicted octanol–water partition coefficient (Wildman–Crippen LogP) is 4.47. The summed E-state index contributed by atoms with van der Waals surface area (Å²) in [4.78, 5) is 9.41. The number of nitrogen functional groups attached to an aromatic ring is 1. The average Bonchev–Trinajstić information content (AvgIpc) is 2.65. The molecule has 3 rings (SSSR count). The summed E-state index contributed by atoms with van der Waals surface area (Å²) in [6, 6.07) is 15.0. The van der Waals surface area contributed by atoms with E-state index in [2.05, 4.69) is 9.97 Å². The predicted molar refractivity (Wildman–Crippen MR) is 105 cm³/mol. The van der Waals surface area contributed by atoms with Crippen LogP contribution in [-0.2, 0) is 6.54 Å². The second-order valence-electron chi connectivity index (χ2n) is 6.82. The van der Waals surface area contributed by atoms with Gasteiger partial charge < -0.3 is 15.4 Å². The van der Waals surface area contributed by atoms with E-state index in [0.717, 1.165) is 5.56 Å². The maximum atomic E-state index is 13.9. The average molecular weight is 402 g/mol. The van der Waals surface area contributed by atoms with Crippen molar-refractivity contribution in [2.24, 2.45) is 0 Å². The first-order chi connectivity index (χ1) is 13.7. The first kappa shape index (κ1) is 20.6. The van der Waals surface area contributed by atoms with E-state index in [0.29, 0.717) is 17.7 Å². The van der Waals surface area contributed by atoms with Crippen LogP contribution in [0.15, 0.2) is 60.8 Å². The molecule has 152 valence electrons. The van der Waals surface area contributed by atoms with Crippen LogP contribution in [0.25, 0.3) is 11.1 Å². The van der Waals surface area contributed by atoms with E-state index >= 15 is 0 Å². The third kappa shape index (κ3) is 5.23. The zero-order valence-corrected chi connectivity index (χ0v) is 16.0. The maximum Gasteiger partial charge on any atom is 0.429 e. The summed E-state index contributed by atoms with van der Waals surface area (Å²) in [5.41, 5.74) is 7.59. The van der Waals surface area contributed by atoms with E-state index in [1.165, 1.54) is 18.3 Å². The fraction of sp³-hybridized carbons (Fsp3) is 0.238. The van der Waals surface area contributed by atoms with Crippen LogP contribution < -0.4 is 10.5 Å². The summed E-state index contributed by atoms with van der Waals surface area (Å²) in [7, 11) is 3.86. The van der Waals surface area contributed by atoms with Gasteiger partial charge in [0, 0.05) is 24.4 Å². The Kier molecular flexibility index (Phi) is 6.03. The van der Waals surface area contributed by atoms with Crippen molar-refractivity contribution >= 4 is 5.95 Å². The van der Waals surface area contributed by atoms with E-state index in [1.54, 1.807) is 24.3 Å². The maximum absolute atomic E-state index is 13.9. The van der Waals surface area contributed by atoms with Crippen molar-refractivity contribution in [1.29, 1.82) is 0 Å². The topological polar surface area (TPSA) is 64.3 Å². The molecule has 1 atom stereocenters. The van der Waals surface area contributed by atoms with Crippen LogP contribution in [-0.4, -0.2) is 35.1 Å². The van der Waals surface area contributed by atoms with Crippen LogP contribution in [0.1, 0.15) is 17.2 Å². The number of hydrogen-bond acceptors (Lipinski definition) is 5. The molecule has 0 aliphatic heterocycles. The van der Waals surface area contributed by atoms with Crippen LogP contribution in [0.3, 0.4) is 0 Å². The summed E-state index contributed by atoms with van der Waals surface area (Å²) in [6.45, 7) is 0.676. The van der Waals surface area contributed by atoms with Crippen LogP contribution in [0.2, 0.25) is 0 Å². The Morgan fingerprint density at radius 1 is 1.07 bits per heavy atom. The minimum atomic E-state index is -4.66. The lowest BCUT2D eigenvalue weighted by Gasteiger charge is -2.24. The number of ether oxygens (including phenoxy) is 1. The Bertz CT molecular complexity index is 976. The van der Waals surface area contributed by atoms with Gasteiger partial charge >= 0.3 is 6.18 Å². The minimum absolute atomic E-state index is 0.000753. The van der Waals surface area contributed by atoms with Crippen molar-refractivity contribution in [2.45, 2.75) is 18.8 Å². The summed E-state index contributed by atoms with van der Waals surface area (Å²) in [5.74, 6) is -0.399. The molecule has 0 aliphatic rings. The standard InChI is InChI=1S/C21H21F3N4O/c1-28(2)13-14-6-5-7-15(12-14)16-8-3-4-9-17(16)19(21(22,23)24)29-18-10-11-26-20(25)27-18/h3-12,19H,13H2,1-2H3,(H2,25,26,27). The van der Waals surface area contributed by atoms with Gasteiger partial charge in [-0.25, -0.2) is 4.98 Å². The molecule has 5 nitrogen and oxygen atoms in total. The first-order valence-corrected chi connectivity index (χ1v) is 8.89. The van der Waals surface area contributed by atoms with Crippen molar-refractivity contribution in [3.05, 3.63) is 71.9 Å². The summed E-state index contributed by atoms with van der Waals surface area (Å²) in [6.07, 6.45) is -5.61. The summed E-state index contributed by atoms with van der Waals surface area (Å²) < 4.78 is 47.0. The molecule has 2 N–H and O–H groups in total. The Labute approximate surface area is 167 Å². The molecule has 2 aromatic carbocycles.